The Morgan fingerprint density at radius 1 is 0.900 bits per heavy atom. The standard InChI is InChI=1S/C16H12N2O.Na.H/c19-15-11-10-12-6-4-5-9-14(12)16(15)18-17-13-7-2-1-3-8-13;;/h1-11,16H;;/q;+1;-1. The summed E-state index contributed by atoms with van der Waals surface area (Å²) in [5.41, 5.74) is 2.69. The first-order valence-electron chi connectivity index (χ1n) is 6.11. The Hall–Kier alpha value is -1.55. The Labute approximate surface area is 141 Å². The Morgan fingerprint density at radius 3 is 2.40 bits per heavy atom. The molecular formula is C16H13N2NaO. The maximum Gasteiger partial charge on any atom is 1.00 e. The Morgan fingerprint density at radius 2 is 1.60 bits per heavy atom. The Kier molecular flexibility index (Phi) is 5.01. The van der Waals surface area contributed by atoms with Crippen LogP contribution in [0, 0.1) is 0 Å². The van der Waals surface area contributed by atoms with Crippen LogP contribution in [0.2, 0.25) is 0 Å². The summed E-state index contributed by atoms with van der Waals surface area (Å²) < 4.78 is 0. The van der Waals surface area contributed by atoms with Gasteiger partial charge in [0.25, 0.3) is 0 Å². The van der Waals surface area contributed by atoms with Gasteiger partial charge in [-0.05, 0) is 29.3 Å². The van der Waals surface area contributed by atoms with E-state index < -0.39 is 6.04 Å². The maximum atomic E-state index is 11.9. The van der Waals surface area contributed by atoms with Crippen LogP contribution in [-0.2, 0) is 4.79 Å². The van der Waals surface area contributed by atoms with Crippen molar-refractivity contribution in [1.29, 1.82) is 0 Å². The van der Waals surface area contributed by atoms with E-state index >= 15 is 0 Å². The second-order valence-corrected chi connectivity index (χ2v) is 4.32. The van der Waals surface area contributed by atoms with Crippen molar-refractivity contribution in [2.24, 2.45) is 10.2 Å². The van der Waals surface area contributed by atoms with Gasteiger partial charge in [0.05, 0.1) is 5.69 Å². The number of fused-ring (bicyclic) bond motifs is 1. The number of hydrogen-bond acceptors (Lipinski definition) is 3. The van der Waals surface area contributed by atoms with Gasteiger partial charge in [-0.3, -0.25) is 4.79 Å². The molecule has 0 spiro atoms. The number of rotatable bonds is 2. The van der Waals surface area contributed by atoms with Gasteiger partial charge in [-0.1, -0.05) is 48.5 Å². The van der Waals surface area contributed by atoms with E-state index in [1.54, 1.807) is 6.08 Å². The van der Waals surface area contributed by atoms with Crippen LogP contribution in [0.5, 0.6) is 0 Å². The third-order valence-corrected chi connectivity index (χ3v) is 3.03. The zero-order valence-electron chi connectivity index (χ0n) is 12.2. The second kappa shape index (κ2) is 6.75. The molecule has 1 aliphatic carbocycles. The van der Waals surface area contributed by atoms with Gasteiger partial charge in [0, 0.05) is 0 Å². The van der Waals surface area contributed by atoms with E-state index in [0.717, 1.165) is 16.8 Å². The molecule has 2 aromatic carbocycles. The van der Waals surface area contributed by atoms with Gasteiger partial charge < -0.3 is 1.43 Å². The van der Waals surface area contributed by atoms with Gasteiger partial charge in [0.15, 0.2) is 11.8 Å². The fourth-order valence-electron chi connectivity index (χ4n) is 2.07. The minimum absolute atomic E-state index is 0. The molecule has 0 amide bonds. The Bertz CT molecular complexity index is 671. The van der Waals surface area contributed by atoms with Crippen molar-refractivity contribution in [3.8, 4) is 0 Å². The van der Waals surface area contributed by atoms with Gasteiger partial charge in [0.2, 0.25) is 0 Å². The average Bonchev–Trinajstić information content (AvgIpc) is 2.47. The summed E-state index contributed by atoms with van der Waals surface area (Å²) in [5, 5.41) is 8.35. The molecule has 0 radical (unpaired) electrons. The molecule has 0 fully saturated rings. The molecule has 0 saturated heterocycles. The molecule has 0 aliphatic heterocycles. The topological polar surface area (TPSA) is 41.8 Å². The molecule has 20 heavy (non-hydrogen) atoms. The van der Waals surface area contributed by atoms with E-state index in [2.05, 4.69) is 10.2 Å². The normalized spacial score (nSPS) is 16.8. The van der Waals surface area contributed by atoms with E-state index in [4.69, 9.17) is 0 Å². The van der Waals surface area contributed by atoms with Crippen LogP contribution in [0.3, 0.4) is 0 Å². The first-order chi connectivity index (χ1) is 9.34. The van der Waals surface area contributed by atoms with Crippen molar-refractivity contribution in [2.75, 3.05) is 0 Å². The molecule has 0 saturated carbocycles. The minimum Gasteiger partial charge on any atom is -1.00 e. The van der Waals surface area contributed by atoms with E-state index in [9.17, 15) is 4.79 Å². The van der Waals surface area contributed by atoms with Gasteiger partial charge in [0.1, 0.15) is 0 Å². The van der Waals surface area contributed by atoms with Crippen molar-refractivity contribution >= 4 is 17.5 Å². The van der Waals surface area contributed by atoms with Crippen LogP contribution in [0.4, 0.5) is 5.69 Å². The fraction of sp³-hybridized carbons (Fsp3) is 0.0625. The zero-order chi connectivity index (χ0) is 13.1. The number of carbonyl (C=O) groups excluding carboxylic acids is 1. The van der Waals surface area contributed by atoms with E-state index in [-0.39, 0.29) is 36.8 Å². The van der Waals surface area contributed by atoms with Crippen molar-refractivity contribution in [3.63, 3.8) is 0 Å². The predicted octanol–water partition coefficient (Wildman–Crippen LogP) is 1.22. The summed E-state index contributed by atoms with van der Waals surface area (Å²) in [6, 6.07) is 16.7. The second-order valence-electron chi connectivity index (χ2n) is 4.32. The molecule has 1 atom stereocenters. The number of hydrogen-bond donors (Lipinski definition) is 0. The summed E-state index contributed by atoms with van der Waals surface area (Å²) in [4.78, 5) is 11.9. The largest absolute Gasteiger partial charge is 1.00 e. The maximum absolute atomic E-state index is 11.9. The molecule has 3 rings (SSSR count). The van der Waals surface area contributed by atoms with Crippen molar-refractivity contribution in [2.45, 2.75) is 6.04 Å². The molecule has 1 unspecified atom stereocenters. The number of benzene rings is 2. The van der Waals surface area contributed by atoms with E-state index in [1.807, 2.05) is 60.7 Å². The molecule has 1 aliphatic rings. The fourth-order valence-corrected chi connectivity index (χ4v) is 2.07. The van der Waals surface area contributed by atoms with E-state index in [0.29, 0.717) is 0 Å². The average molecular weight is 272 g/mol. The van der Waals surface area contributed by atoms with Crippen molar-refractivity contribution in [3.05, 3.63) is 71.8 Å². The third-order valence-electron chi connectivity index (χ3n) is 3.03. The van der Waals surface area contributed by atoms with Gasteiger partial charge in [-0.2, -0.15) is 10.2 Å². The molecule has 0 bridgehead atoms. The molecular weight excluding hydrogens is 259 g/mol. The van der Waals surface area contributed by atoms with Crippen LogP contribution in [0.1, 0.15) is 18.6 Å². The monoisotopic (exact) mass is 272 g/mol. The summed E-state index contributed by atoms with van der Waals surface area (Å²) in [5.74, 6) is -0.0293. The van der Waals surface area contributed by atoms with Gasteiger partial charge in [-0.25, -0.2) is 0 Å². The minimum atomic E-state index is -0.526. The van der Waals surface area contributed by atoms with Gasteiger partial charge in [-0.15, -0.1) is 0 Å². The van der Waals surface area contributed by atoms with Crippen LogP contribution in [-0.4, -0.2) is 5.78 Å². The SMILES string of the molecule is O=C1C=Cc2ccccc2C1N=Nc1ccccc1.[H-].[Na+]. The summed E-state index contributed by atoms with van der Waals surface area (Å²) in [6.45, 7) is 0. The first kappa shape index (κ1) is 14.9. The predicted molar refractivity (Wildman–Crippen MR) is 75.3 cm³/mol. The number of ketones is 1. The molecule has 3 nitrogen and oxygen atoms in total. The van der Waals surface area contributed by atoms with Crippen LogP contribution in [0.15, 0.2) is 70.9 Å². The molecule has 0 heterocycles. The number of azo groups is 1. The van der Waals surface area contributed by atoms with Crippen LogP contribution >= 0.6 is 0 Å². The molecule has 0 N–H and O–H groups in total. The zero-order valence-corrected chi connectivity index (χ0v) is 13.2. The summed E-state index contributed by atoms with van der Waals surface area (Å²) in [7, 11) is 0. The molecule has 2 aromatic rings. The third kappa shape index (κ3) is 3.12. The smallest absolute Gasteiger partial charge is 1.00 e. The molecule has 0 aromatic heterocycles. The summed E-state index contributed by atoms with van der Waals surface area (Å²) in [6.07, 6.45) is 3.39. The number of carbonyl (C=O) groups is 1. The number of nitrogens with zero attached hydrogens (tertiary/aromatic N) is 2. The quantitative estimate of drug-likeness (QED) is 0.599. The van der Waals surface area contributed by atoms with Crippen LogP contribution < -0.4 is 29.6 Å². The molecule has 94 valence electrons. The summed E-state index contributed by atoms with van der Waals surface area (Å²) >= 11 is 0. The Balaban J connectivity index is 0.00000110. The van der Waals surface area contributed by atoms with E-state index in [1.165, 1.54) is 0 Å². The molecule has 4 heteroatoms. The van der Waals surface area contributed by atoms with Crippen molar-refractivity contribution in [1.82, 2.24) is 0 Å². The van der Waals surface area contributed by atoms with Gasteiger partial charge >= 0.3 is 29.6 Å². The van der Waals surface area contributed by atoms with Crippen LogP contribution in [0.25, 0.3) is 6.08 Å². The van der Waals surface area contributed by atoms with Crippen molar-refractivity contribution < 1.29 is 35.8 Å². The first-order valence-corrected chi connectivity index (χ1v) is 6.11.